The molecule has 0 radical (unpaired) electrons. The van der Waals surface area contributed by atoms with E-state index >= 15 is 0 Å². The van der Waals surface area contributed by atoms with E-state index in [1.54, 1.807) is 12.3 Å². The smallest absolute Gasteiger partial charge is 0.0873 e. The van der Waals surface area contributed by atoms with Gasteiger partial charge in [-0.3, -0.25) is 0 Å². The monoisotopic (exact) mass is 162 g/mol. The van der Waals surface area contributed by atoms with Crippen LogP contribution in [0.1, 0.15) is 26.2 Å². The molecular weight excluding hydrogens is 148 g/mol. The van der Waals surface area contributed by atoms with Crippen molar-refractivity contribution in [2.24, 2.45) is 0 Å². The van der Waals surface area contributed by atoms with Gasteiger partial charge in [-0.15, -0.1) is 11.6 Å². The molecule has 0 rings (SSSR count). The maximum Gasteiger partial charge on any atom is 0.0873 e. The van der Waals surface area contributed by atoms with Gasteiger partial charge < -0.3 is 4.74 Å². The van der Waals surface area contributed by atoms with E-state index < -0.39 is 0 Å². The van der Waals surface area contributed by atoms with Gasteiger partial charge in [0.1, 0.15) is 0 Å². The molecule has 0 heterocycles. The molecule has 60 valence electrons. The Morgan fingerprint density at radius 3 is 2.80 bits per heavy atom. The molecule has 0 bridgehead atoms. The molecular formula is C8H15ClO. The van der Waals surface area contributed by atoms with Crippen LogP contribution >= 0.6 is 11.6 Å². The Morgan fingerprint density at radius 1 is 1.40 bits per heavy atom. The van der Waals surface area contributed by atoms with Crippen molar-refractivity contribution in [2.75, 3.05) is 12.5 Å². The van der Waals surface area contributed by atoms with E-state index in [0.29, 0.717) is 5.88 Å². The van der Waals surface area contributed by atoms with E-state index in [1.165, 1.54) is 12.8 Å². The summed E-state index contributed by atoms with van der Waals surface area (Å²) in [5.74, 6) is 0.535. The first-order valence-corrected chi connectivity index (χ1v) is 4.27. The molecule has 0 N–H and O–H groups in total. The molecule has 0 saturated carbocycles. The molecule has 0 atom stereocenters. The third-order valence-corrected chi connectivity index (χ3v) is 1.33. The van der Waals surface area contributed by atoms with Crippen LogP contribution in [0, 0.1) is 0 Å². The molecule has 0 aromatic heterocycles. The summed E-state index contributed by atoms with van der Waals surface area (Å²) < 4.78 is 5.11. The van der Waals surface area contributed by atoms with Gasteiger partial charge in [0.15, 0.2) is 0 Å². The molecule has 0 saturated heterocycles. The summed E-state index contributed by atoms with van der Waals surface area (Å²) in [7, 11) is 0. The second-order valence-electron chi connectivity index (χ2n) is 2.10. The minimum atomic E-state index is 0.535. The van der Waals surface area contributed by atoms with Crippen LogP contribution in [0.15, 0.2) is 12.3 Å². The van der Waals surface area contributed by atoms with Crippen molar-refractivity contribution in [1.82, 2.24) is 0 Å². The minimum absolute atomic E-state index is 0.535. The SMILES string of the molecule is CCCCCOC=CCCl. The fourth-order valence-electron chi connectivity index (χ4n) is 0.608. The topological polar surface area (TPSA) is 9.23 Å². The standard InChI is InChI=1S/C8H15ClO/c1-2-3-4-7-10-8-5-6-9/h5,8H,2-4,6-7H2,1H3. The van der Waals surface area contributed by atoms with Gasteiger partial charge in [0.2, 0.25) is 0 Å². The average Bonchev–Trinajstić information content (AvgIpc) is 1.97. The lowest BCUT2D eigenvalue weighted by Gasteiger charge is -1.97. The van der Waals surface area contributed by atoms with Crippen LogP contribution < -0.4 is 0 Å². The first-order valence-electron chi connectivity index (χ1n) is 3.74. The molecule has 0 amide bonds. The molecule has 0 spiro atoms. The Balaban J connectivity index is 2.83. The first-order chi connectivity index (χ1) is 4.91. The summed E-state index contributed by atoms with van der Waals surface area (Å²) in [6, 6.07) is 0. The zero-order valence-electron chi connectivity index (χ0n) is 6.48. The van der Waals surface area contributed by atoms with Crippen LogP contribution in [-0.4, -0.2) is 12.5 Å². The van der Waals surface area contributed by atoms with Crippen LogP contribution in [0.5, 0.6) is 0 Å². The highest BCUT2D eigenvalue weighted by Crippen LogP contribution is 1.94. The van der Waals surface area contributed by atoms with E-state index in [-0.39, 0.29) is 0 Å². The Bertz CT molecular complexity index is 81.3. The molecule has 0 aliphatic heterocycles. The van der Waals surface area contributed by atoms with Crippen molar-refractivity contribution in [2.45, 2.75) is 26.2 Å². The van der Waals surface area contributed by atoms with Crippen LogP contribution in [0.3, 0.4) is 0 Å². The van der Waals surface area contributed by atoms with Crippen molar-refractivity contribution in [3.05, 3.63) is 12.3 Å². The number of alkyl halides is 1. The molecule has 0 aliphatic carbocycles. The lowest BCUT2D eigenvalue weighted by Crippen LogP contribution is -1.86. The Hall–Kier alpha value is -0.170. The van der Waals surface area contributed by atoms with E-state index in [1.807, 2.05) is 0 Å². The molecule has 10 heavy (non-hydrogen) atoms. The number of hydrogen-bond acceptors (Lipinski definition) is 1. The molecule has 0 aromatic rings. The summed E-state index contributed by atoms with van der Waals surface area (Å²) >= 11 is 5.37. The predicted octanol–water partition coefficient (Wildman–Crippen LogP) is 2.95. The third kappa shape index (κ3) is 7.83. The Labute approximate surface area is 68.0 Å². The highest BCUT2D eigenvalue weighted by molar-refractivity contribution is 6.18. The number of hydrogen-bond donors (Lipinski definition) is 0. The average molecular weight is 163 g/mol. The van der Waals surface area contributed by atoms with Crippen molar-refractivity contribution < 1.29 is 4.74 Å². The zero-order chi connectivity index (χ0) is 7.66. The third-order valence-electron chi connectivity index (χ3n) is 1.15. The first kappa shape index (κ1) is 9.83. The largest absolute Gasteiger partial charge is 0.501 e. The van der Waals surface area contributed by atoms with Crippen LogP contribution in [0.4, 0.5) is 0 Å². The highest BCUT2D eigenvalue weighted by atomic mass is 35.5. The second kappa shape index (κ2) is 8.83. The van der Waals surface area contributed by atoms with Crippen molar-refractivity contribution in [1.29, 1.82) is 0 Å². The fourth-order valence-corrected chi connectivity index (χ4v) is 0.681. The van der Waals surface area contributed by atoms with Gasteiger partial charge in [-0.1, -0.05) is 19.8 Å². The summed E-state index contributed by atoms with van der Waals surface area (Å²) in [4.78, 5) is 0. The molecule has 0 fully saturated rings. The highest BCUT2D eigenvalue weighted by Gasteiger charge is 1.82. The Kier molecular flexibility index (Phi) is 8.68. The summed E-state index contributed by atoms with van der Waals surface area (Å²) in [5, 5.41) is 0. The van der Waals surface area contributed by atoms with Gasteiger partial charge in [-0.2, -0.15) is 0 Å². The van der Waals surface area contributed by atoms with Crippen molar-refractivity contribution in [3.63, 3.8) is 0 Å². The van der Waals surface area contributed by atoms with Crippen LogP contribution in [0.25, 0.3) is 0 Å². The van der Waals surface area contributed by atoms with Crippen molar-refractivity contribution >= 4 is 11.6 Å². The predicted molar refractivity (Wildman–Crippen MR) is 45.3 cm³/mol. The van der Waals surface area contributed by atoms with Gasteiger partial charge in [0, 0.05) is 5.88 Å². The maximum absolute atomic E-state index is 5.37. The lowest BCUT2D eigenvalue weighted by molar-refractivity contribution is 0.241. The van der Waals surface area contributed by atoms with E-state index in [0.717, 1.165) is 13.0 Å². The van der Waals surface area contributed by atoms with E-state index in [2.05, 4.69) is 6.92 Å². The molecule has 0 aliphatic rings. The van der Waals surface area contributed by atoms with Crippen LogP contribution in [-0.2, 0) is 4.74 Å². The van der Waals surface area contributed by atoms with Gasteiger partial charge in [0.05, 0.1) is 12.9 Å². The lowest BCUT2D eigenvalue weighted by atomic mass is 10.3. The van der Waals surface area contributed by atoms with Gasteiger partial charge in [0.25, 0.3) is 0 Å². The number of unbranched alkanes of at least 4 members (excludes halogenated alkanes) is 2. The summed E-state index contributed by atoms with van der Waals surface area (Å²) in [5.41, 5.74) is 0. The van der Waals surface area contributed by atoms with Gasteiger partial charge in [-0.25, -0.2) is 0 Å². The molecule has 2 heteroatoms. The second-order valence-corrected chi connectivity index (χ2v) is 2.41. The molecule has 0 aromatic carbocycles. The summed E-state index contributed by atoms with van der Waals surface area (Å²) in [6.07, 6.45) is 7.09. The maximum atomic E-state index is 5.37. The number of halogens is 1. The quantitative estimate of drug-likeness (QED) is 0.332. The van der Waals surface area contributed by atoms with Gasteiger partial charge >= 0.3 is 0 Å². The normalized spacial score (nSPS) is 10.6. The fraction of sp³-hybridized carbons (Fsp3) is 0.750. The van der Waals surface area contributed by atoms with Gasteiger partial charge in [-0.05, 0) is 12.5 Å². The zero-order valence-corrected chi connectivity index (χ0v) is 7.23. The summed E-state index contributed by atoms with van der Waals surface area (Å²) in [6.45, 7) is 3.00. The number of ether oxygens (including phenoxy) is 1. The van der Waals surface area contributed by atoms with Crippen LogP contribution in [0.2, 0.25) is 0 Å². The van der Waals surface area contributed by atoms with E-state index in [4.69, 9.17) is 16.3 Å². The molecule has 1 nitrogen and oxygen atoms in total. The van der Waals surface area contributed by atoms with Crippen molar-refractivity contribution in [3.8, 4) is 0 Å². The Morgan fingerprint density at radius 2 is 2.20 bits per heavy atom. The number of rotatable bonds is 6. The molecule has 0 unspecified atom stereocenters. The minimum Gasteiger partial charge on any atom is -0.501 e. The van der Waals surface area contributed by atoms with E-state index in [9.17, 15) is 0 Å². The number of allylic oxidation sites excluding steroid dienone is 1.